The van der Waals surface area contributed by atoms with Gasteiger partial charge in [-0.1, -0.05) is 13.8 Å². The lowest BCUT2D eigenvalue weighted by Gasteiger charge is -2.45. The van der Waals surface area contributed by atoms with Crippen LogP contribution in [0.3, 0.4) is 0 Å². The highest BCUT2D eigenvalue weighted by Crippen LogP contribution is 2.26. The van der Waals surface area contributed by atoms with Crippen LogP contribution in [0.4, 0.5) is 4.39 Å². The fraction of sp³-hybridized carbons (Fsp3) is 0.370. The average Bonchev–Trinajstić information content (AvgIpc) is 3.55. The number of halogens is 1. The maximum atomic E-state index is 13.0. The van der Waals surface area contributed by atoms with Crippen molar-refractivity contribution in [1.82, 2.24) is 34.6 Å². The molecule has 4 aromatic rings. The van der Waals surface area contributed by atoms with Gasteiger partial charge >= 0.3 is 0 Å². The number of imidazole rings is 1. The number of hydrogen-bond donors (Lipinski definition) is 1. The van der Waals surface area contributed by atoms with Gasteiger partial charge in [0.05, 0.1) is 23.7 Å². The van der Waals surface area contributed by atoms with Crippen molar-refractivity contribution in [3.8, 4) is 11.3 Å². The van der Waals surface area contributed by atoms with Gasteiger partial charge in [-0.15, -0.1) is 0 Å². The molecule has 5 rings (SSSR count). The van der Waals surface area contributed by atoms with Gasteiger partial charge in [0.15, 0.2) is 11.9 Å². The Morgan fingerprint density at radius 3 is 2.51 bits per heavy atom. The Hall–Kier alpha value is -3.92. The van der Waals surface area contributed by atoms with Gasteiger partial charge in [0.1, 0.15) is 11.5 Å². The van der Waals surface area contributed by atoms with E-state index in [1.165, 1.54) is 12.1 Å². The lowest BCUT2D eigenvalue weighted by Crippen LogP contribution is -2.58. The molecular weight excluding hydrogens is 473 g/mol. The molecule has 0 unspecified atom stereocenters. The molecule has 194 valence electrons. The predicted octanol–water partition coefficient (Wildman–Crippen LogP) is 4.05. The third kappa shape index (κ3) is 5.75. The third-order valence-corrected chi connectivity index (χ3v) is 6.70. The number of nitrogens with one attached hydrogen (secondary N) is 1. The van der Waals surface area contributed by atoms with Gasteiger partial charge in [0.2, 0.25) is 0 Å². The number of likely N-dealkylation sites (N-methyl/N-ethyl adjacent to an activating group) is 1. The topological polar surface area (TPSA) is 99.5 Å². The van der Waals surface area contributed by atoms with Gasteiger partial charge in [-0.05, 0) is 57.1 Å². The molecule has 1 aliphatic heterocycles. The summed E-state index contributed by atoms with van der Waals surface area (Å²) in [6.45, 7) is 10.9. The number of carbonyl (C=O) groups excluding carboxylic acids is 2. The number of amides is 1. The normalized spacial score (nSPS) is 15.5. The van der Waals surface area contributed by atoms with E-state index in [1.807, 2.05) is 11.0 Å². The number of aromatic amines is 1. The first-order chi connectivity index (χ1) is 17.6. The van der Waals surface area contributed by atoms with Gasteiger partial charge in [-0.25, -0.2) is 13.9 Å². The van der Waals surface area contributed by atoms with Gasteiger partial charge < -0.3 is 4.90 Å². The quantitative estimate of drug-likeness (QED) is 0.420. The van der Waals surface area contributed by atoms with E-state index in [9.17, 15) is 14.0 Å². The molecule has 1 saturated heterocycles. The maximum Gasteiger partial charge on any atom is 0.257 e. The number of fused-ring (bicyclic) bond motifs is 1. The predicted molar refractivity (Wildman–Crippen MR) is 139 cm³/mol. The lowest BCUT2D eigenvalue weighted by molar-refractivity contribution is 0.0311. The van der Waals surface area contributed by atoms with Crippen molar-refractivity contribution >= 4 is 17.8 Å². The Bertz CT molecular complexity index is 1380. The molecule has 1 N–H and O–H groups in total. The molecule has 37 heavy (non-hydrogen) atoms. The fourth-order valence-corrected chi connectivity index (χ4v) is 4.23. The van der Waals surface area contributed by atoms with Crippen molar-refractivity contribution in [2.75, 3.05) is 26.7 Å². The van der Waals surface area contributed by atoms with E-state index in [4.69, 9.17) is 0 Å². The molecule has 1 aliphatic rings. The first-order valence-corrected chi connectivity index (χ1v) is 12.2. The van der Waals surface area contributed by atoms with Crippen LogP contribution in [-0.4, -0.2) is 79.0 Å². The van der Waals surface area contributed by atoms with E-state index >= 15 is 0 Å². The minimum absolute atomic E-state index is 0.0393. The van der Waals surface area contributed by atoms with Crippen LogP contribution in [0, 0.1) is 5.82 Å². The molecule has 9 nitrogen and oxygen atoms in total. The van der Waals surface area contributed by atoms with Gasteiger partial charge in [0, 0.05) is 42.5 Å². The Morgan fingerprint density at radius 1 is 1.19 bits per heavy atom. The lowest BCUT2D eigenvalue weighted by atomic mass is 9.99. The molecule has 4 heterocycles. The van der Waals surface area contributed by atoms with Crippen LogP contribution in [0.5, 0.6) is 0 Å². The molecule has 0 saturated carbocycles. The van der Waals surface area contributed by atoms with Crippen molar-refractivity contribution in [3.63, 3.8) is 0 Å². The monoisotopic (exact) mass is 505 g/mol. The van der Waals surface area contributed by atoms with Crippen LogP contribution in [-0.2, 0) is 0 Å². The highest BCUT2D eigenvalue weighted by atomic mass is 19.1. The Balaban J connectivity index is 0.000000180. The molecular formula is C27H32FN7O2. The molecule has 1 aromatic carbocycles. The number of aldehydes is 1. The van der Waals surface area contributed by atoms with Gasteiger partial charge in [0.25, 0.3) is 5.91 Å². The standard InChI is InChI=1S/C16H14FN3O.C11H18N4O/c1-10(2)14-7-15(11-3-5-12(17)6-4-11)19-20-8-13(9-21)18-16(14)20;1-11(2)8-15(5-4-14(11)3)10(16)9-6-12-13-7-9/h3-10H,1-2H3;6-7H,4-5,8H2,1-3H3,(H,12,13). The Labute approximate surface area is 215 Å². The highest BCUT2D eigenvalue weighted by Gasteiger charge is 2.33. The average molecular weight is 506 g/mol. The van der Waals surface area contributed by atoms with Gasteiger partial charge in [-0.2, -0.15) is 10.2 Å². The number of hydrogen-bond acceptors (Lipinski definition) is 6. The second-order valence-corrected chi connectivity index (χ2v) is 10.1. The smallest absolute Gasteiger partial charge is 0.257 e. The van der Waals surface area contributed by atoms with E-state index in [0.717, 1.165) is 36.5 Å². The fourth-order valence-electron chi connectivity index (χ4n) is 4.23. The molecule has 1 amide bonds. The minimum atomic E-state index is -0.283. The largest absolute Gasteiger partial charge is 0.335 e. The third-order valence-electron chi connectivity index (χ3n) is 6.70. The Kier molecular flexibility index (Phi) is 7.49. The SMILES string of the molecule is CC(C)c1cc(-c2ccc(F)cc2)nn2cc(C=O)nc12.CN1CCN(C(=O)c2cn[nH]c2)CC1(C)C. The number of benzene rings is 1. The van der Waals surface area contributed by atoms with Gasteiger partial charge in [-0.3, -0.25) is 19.6 Å². The molecule has 0 atom stereocenters. The first kappa shape index (κ1) is 26.2. The number of carbonyl (C=O) groups is 2. The Morgan fingerprint density at radius 2 is 1.92 bits per heavy atom. The second kappa shape index (κ2) is 10.6. The molecule has 0 spiro atoms. The van der Waals surface area contributed by atoms with E-state index < -0.39 is 0 Å². The summed E-state index contributed by atoms with van der Waals surface area (Å²) in [5.41, 5.74) is 4.25. The molecule has 0 radical (unpaired) electrons. The summed E-state index contributed by atoms with van der Waals surface area (Å²) in [7, 11) is 2.10. The number of aromatic nitrogens is 5. The molecule has 10 heteroatoms. The summed E-state index contributed by atoms with van der Waals surface area (Å²) >= 11 is 0. The number of H-pyrrole nitrogens is 1. The second-order valence-electron chi connectivity index (χ2n) is 10.1. The zero-order chi connectivity index (χ0) is 26.7. The molecule has 1 fully saturated rings. The van der Waals surface area contributed by atoms with E-state index in [1.54, 1.807) is 35.2 Å². The summed E-state index contributed by atoms with van der Waals surface area (Å²) in [5.74, 6) is 0.0151. The van der Waals surface area contributed by atoms with Crippen molar-refractivity contribution in [3.05, 3.63) is 71.6 Å². The van der Waals surface area contributed by atoms with E-state index in [0.29, 0.717) is 23.2 Å². The molecule has 3 aromatic heterocycles. The summed E-state index contributed by atoms with van der Waals surface area (Å²) in [6.07, 6.45) is 5.53. The number of piperazine rings is 1. The zero-order valence-electron chi connectivity index (χ0n) is 21.8. The van der Waals surface area contributed by atoms with Crippen molar-refractivity contribution < 1.29 is 14.0 Å². The van der Waals surface area contributed by atoms with Crippen LogP contribution in [0.15, 0.2) is 48.9 Å². The maximum absolute atomic E-state index is 13.0. The summed E-state index contributed by atoms with van der Waals surface area (Å²) in [4.78, 5) is 31.5. The number of nitrogens with zero attached hydrogens (tertiary/aromatic N) is 6. The van der Waals surface area contributed by atoms with Crippen LogP contribution in [0.1, 0.15) is 60.0 Å². The van der Waals surface area contributed by atoms with Crippen LogP contribution >= 0.6 is 0 Å². The van der Waals surface area contributed by atoms with Crippen LogP contribution in [0.2, 0.25) is 0 Å². The first-order valence-electron chi connectivity index (χ1n) is 12.2. The minimum Gasteiger partial charge on any atom is -0.335 e. The zero-order valence-corrected chi connectivity index (χ0v) is 21.8. The summed E-state index contributed by atoms with van der Waals surface area (Å²) in [6, 6.07) is 8.12. The molecule has 0 aliphatic carbocycles. The number of rotatable bonds is 4. The van der Waals surface area contributed by atoms with E-state index in [-0.39, 0.29) is 23.2 Å². The van der Waals surface area contributed by atoms with Crippen LogP contribution < -0.4 is 0 Å². The summed E-state index contributed by atoms with van der Waals surface area (Å²) in [5, 5.41) is 10.9. The van der Waals surface area contributed by atoms with Crippen molar-refractivity contribution in [2.45, 2.75) is 39.2 Å². The van der Waals surface area contributed by atoms with Crippen LogP contribution in [0.25, 0.3) is 16.9 Å². The summed E-state index contributed by atoms with van der Waals surface area (Å²) < 4.78 is 14.6. The highest BCUT2D eigenvalue weighted by molar-refractivity contribution is 5.93. The van der Waals surface area contributed by atoms with E-state index in [2.05, 4.69) is 59.9 Å². The molecule has 0 bridgehead atoms. The van der Waals surface area contributed by atoms with Crippen molar-refractivity contribution in [2.24, 2.45) is 0 Å². The van der Waals surface area contributed by atoms with Crippen molar-refractivity contribution in [1.29, 1.82) is 0 Å².